The molecule has 3 nitrogen and oxygen atoms in total. The van der Waals surface area contributed by atoms with E-state index in [2.05, 4.69) is 31.2 Å². The van der Waals surface area contributed by atoms with E-state index in [1.807, 2.05) is 11.8 Å². The Labute approximate surface area is 138 Å². The van der Waals surface area contributed by atoms with Crippen LogP contribution in [0.1, 0.15) is 43.7 Å². The van der Waals surface area contributed by atoms with E-state index in [1.165, 1.54) is 30.4 Å². The Hall–Kier alpha value is -1.35. The average molecular weight is 313 g/mol. The van der Waals surface area contributed by atoms with Crippen LogP contribution in [0.15, 0.2) is 24.3 Å². The van der Waals surface area contributed by atoms with Crippen LogP contribution < -0.4 is 0 Å². The van der Waals surface area contributed by atoms with E-state index in [0.29, 0.717) is 18.3 Å². The Morgan fingerprint density at radius 3 is 2.35 bits per heavy atom. The summed E-state index contributed by atoms with van der Waals surface area (Å²) in [5.74, 6) is 1.15. The molecule has 3 heteroatoms. The first-order valence-electron chi connectivity index (χ1n) is 8.91. The van der Waals surface area contributed by atoms with Crippen molar-refractivity contribution < 1.29 is 9.90 Å². The lowest BCUT2D eigenvalue weighted by Crippen LogP contribution is -2.66. The molecule has 0 radical (unpaired) electrons. The summed E-state index contributed by atoms with van der Waals surface area (Å²) in [6.07, 6.45) is 5.01. The summed E-state index contributed by atoms with van der Waals surface area (Å²) >= 11 is 0. The maximum atomic E-state index is 12.3. The second-order valence-corrected chi connectivity index (χ2v) is 8.76. The second-order valence-electron chi connectivity index (χ2n) is 8.76. The fraction of sp³-hybridized carbons (Fsp3) is 0.650. The van der Waals surface area contributed by atoms with Gasteiger partial charge in [0.15, 0.2) is 0 Å². The molecule has 1 saturated heterocycles. The lowest BCUT2D eigenvalue weighted by Gasteiger charge is -2.60. The van der Waals surface area contributed by atoms with Crippen LogP contribution in [0.25, 0.3) is 0 Å². The van der Waals surface area contributed by atoms with Crippen LogP contribution in [-0.4, -0.2) is 34.6 Å². The number of carbonyl (C=O) groups excluding carboxylic acids is 1. The van der Waals surface area contributed by atoms with Crippen LogP contribution in [-0.2, 0) is 11.2 Å². The van der Waals surface area contributed by atoms with Gasteiger partial charge in [0.1, 0.15) is 0 Å². The quantitative estimate of drug-likeness (QED) is 0.932. The summed E-state index contributed by atoms with van der Waals surface area (Å²) in [5, 5.41) is 9.79. The summed E-state index contributed by atoms with van der Waals surface area (Å²) in [6, 6.07) is 8.89. The molecule has 0 unspecified atom stereocenters. The van der Waals surface area contributed by atoms with Crippen LogP contribution in [0.5, 0.6) is 0 Å². The molecule has 0 bridgehead atoms. The number of hydrogen-bond donors (Lipinski definition) is 1. The zero-order chi connectivity index (χ0) is 16.2. The maximum Gasteiger partial charge on any atom is 0.225 e. The monoisotopic (exact) mass is 313 g/mol. The minimum atomic E-state index is -0.599. The Morgan fingerprint density at radius 2 is 1.78 bits per heavy atom. The number of likely N-dealkylation sites (tertiary alicyclic amines) is 1. The highest BCUT2D eigenvalue weighted by Crippen LogP contribution is 2.53. The van der Waals surface area contributed by atoms with Crippen LogP contribution >= 0.6 is 0 Å². The molecule has 1 spiro atoms. The number of aryl methyl sites for hydroxylation is 1. The second kappa shape index (κ2) is 5.07. The van der Waals surface area contributed by atoms with Gasteiger partial charge in [-0.3, -0.25) is 4.79 Å². The minimum Gasteiger partial charge on any atom is -0.390 e. The molecule has 1 aromatic carbocycles. The van der Waals surface area contributed by atoms with E-state index >= 15 is 0 Å². The van der Waals surface area contributed by atoms with Crippen molar-refractivity contribution in [1.29, 1.82) is 0 Å². The minimum absolute atomic E-state index is 0.0748. The molecular weight excluding hydrogens is 286 g/mol. The van der Waals surface area contributed by atoms with Crippen LogP contribution in [0, 0.1) is 24.2 Å². The highest BCUT2D eigenvalue weighted by Gasteiger charge is 2.55. The lowest BCUT2D eigenvalue weighted by atomic mass is 9.56. The van der Waals surface area contributed by atoms with Crippen LogP contribution in [0.4, 0.5) is 0 Å². The van der Waals surface area contributed by atoms with Crippen LogP contribution in [0.3, 0.4) is 0 Å². The maximum absolute atomic E-state index is 12.3. The number of rotatable bonds is 3. The molecule has 3 aliphatic rings. The summed E-state index contributed by atoms with van der Waals surface area (Å²) in [6.45, 7) is 5.86. The summed E-state index contributed by atoms with van der Waals surface area (Å²) in [4.78, 5) is 14.4. The third-order valence-electron chi connectivity index (χ3n) is 6.17. The molecule has 23 heavy (non-hydrogen) atoms. The third-order valence-corrected chi connectivity index (χ3v) is 6.17. The summed E-state index contributed by atoms with van der Waals surface area (Å²) in [5.41, 5.74) is 2.59. The average Bonchev–Trinajstić information content (AvgIpc) is 2.38. The number of nitrogens with zero attached hydrogens (tertiary/aromatic N) is 1. The van der Waals surface area contributed by atoms with Crippen molar-refractivity contribution in [3.63, 3.8) is 0 Å². The molecule has 2 aliphatic carbocycles. The van der Waals surface area contributed by atoms with Crippen molar-refractivity contribution >= 4 is 5.91 Å². The van der Waals surface area contributed by atoms with Crippen molar-refractivity contribution in [1.82, 2.24) is 4.90 Å². The molecule has 1 amide bonds. The topological polar surface area (TPSA) is 40.5 Å². The molecule has 0 aromatic heterocycles. The molecule has 1 heterocycles. The Morgan fingerprint density at radius 1 is 1.17 bits per heavy atom. The Balaban J connectivity index is 1.22. The first-order valence-corrected chi connectivity index (χ1v) is 8.91. The highest BCUT2D eigenvalue weighted by atomic mass is 16.3. The molecule has 0 atom stereocenters. The SMILES string of the molecule is Cc1ccc(CC2CC3(C2)CN(C(=O)C2CC(C)(O)C2)C3)cc1. The number of aliphatic hydroxyl groups is 1. The van der Waals surface area contributed by atoms with Crippen molar-refractivity contribution in [2.45, 2.75) is 51.6 Å². The number of hydrogen-bond acceptors (Lipinski definition) is 2. The van der Waals surface area contributed by atoms with Crippen LogP contribution in [0.2, 0.25) is 0 Å². The van der Waals surface area contributed by atoms with Gasteiger partial charge in [0.05, 0.1) is 5.60 Å². The molecule has 124 valence electrons. The molecular formula is C20H27NO2. The zero-order valence-electron chi connectivity index (χ0n) is 14.2. The van der Waals surface area contributed by atoms with Gasteiger partial charge >= 0.3 is 0 Å². The smallest absolute Gasteiger partial charge is 0.225 e. The van der Waals surface area contributed by atoms with E-state index in [9.17, 15) is 9.90 Å². The zero-order valence-corrected chi connectivity index (χ0v) is 14.2. The van der Waals surface area contributed by atoms with Crippen molar-refractivity contribution in [2.24, 2.45) is 17.3 Å². The van der Waals surface area contributed by atoms with Gasteiger partial charge in [0, 0.05) is 24.4 Å². The van der Waals surface area contributed by atoms with E-state index in [4.69, 9.17) is 0 Å². The van der Waals surface area contributed by atoms with E-state index in [1.54, 1.807) is 0 Å². The van der Waals surface area contributed by atoms with Gasteiger partial charge in [0.25, 0.3) is 0 Å². The van der Waals surface area contributed by atoms with Crippen molar-refractivity contribution in [3.05, 3.63) is 35.4 Å². The molecule has 2 saturated carbocycles. The van der Waals surface area contributed by atoms with Gasteiger partial charge in [-0.05, 0) is 57.4 Å². The predicted molar refractivity (Wildman–Crippen MR) is 90.0 cm³/mol. The van der Waals surface area contributed by atoms with Gasteiger partial charge in [-0.25, -0.2) is 0 Å². The lowest BCUT2D eigenvalue weighted by molar-refractivity contribution is -0.171. The fourth-order valence-electron chi connectivity index (χ4n) is 4.98. The van der Waals surface area contributed by atoms with E-state index < -0.39 is 5.60 Å². The standard InChI is InChI=1S/C20H27NO2/c1-14-3-5-15(6-4-14)7-16-8-20(9-16)12-21(13-20)18(22)17-10-19(2,23)11-17/h3-6,16-17,23H,7-13H2,1-2H3. The third kappa shape index (κ3) is 2.80. The molecule has 1 N–H and O–H groups in total. The van der Waals surface area contributed by atoms with Gasteiger partial charge < -0.3 is 10.0 Å². The van der Waals surface area contributed by atoms with E-state index in [-0.39, 0.29) is 11.8 Å². The first kappa shape index (κ1) is 15.2. The molecule has 3 fully saturated rings. The number of benzene rings is 1. The van der Waals surface area contributed by atoms with Gasteiger partial charge in [-0.1, -0.05) is 29.8 Å². The molecule has 4 rings (SSSR count). The number of amides is 1. The summed E-state index contributed by atoms with van der Waals surface area (Å²) < 4.78 is 0. The Kier molecular flexibility index (Phi) is 3.35. The Bertz CT molecular complexity index is 597. The first-order chi connectivity index (χ1) is 10.8. The van der Waals surface area contributed by atoms with Gasteiger partial charge in [-0.15, -0.1) is 0 Å². The van der Waals surface area contributed by atoms with Gasteiger partial charge in [0.2, 0.25) is 5.91 Å². The van der Waals surface area contributed by atoms with Crippen molar-refractivity contribution in [2.75, 3.05) is 13.1 Å². The van der Waals surface area contributed by atoms with E-state index in [0.717, 1.165) is 19.0 Å². The summed E-state index contributed by atoms with van der Waals surface area (Å²) in [7, 11) is 0. The van der Waals surface area contributed by atoms with Gasteiger partial charge in [-0.2, -0.15) is 0 Å². The molecule has 1 aliphatic heterocycles. The largest absolute Gasteiger partial charge is 0.390 e. The molecule has 1 aromatic rings. The van der Waals surface area contributed by atoms with Crippen molar-refractivity contribution in [3.8, 4) is 0 Å². The highest BCUT2D eigenvalue weighted by molar-refractivity contribution is 5.81. The number of carbonyl (C=O) groups is 1. The normalized spacial score (nSPS) is 32.1. The fourth-order valence-corrected chi connectivity index (χ4v) is 4.98. The predicted octanol–water partition coefficient (Wildman–Crippen LogP) is 2.94.